The molecule has 4 nitrogen and oxygen atoms in total. The van der Waals surface area contributed by atoms with Crippen molar-refractivity contribution in [1.82, 2.24) is 0 Å². The number of nitrogens with one attached hydrogen (secondary N) is 1. The van der Waals surface area contributed by atoms with Gasteiger partial charge in [0.1, 0.15) is 5.82 Å². The molecule has 17 heavy (non-hydrogen) atoms. The smallest absolute Gasteiger partial charge is 0.154 e. The molecular formula is C11H13FN2O2S. The zero-order valence-corrected chi connectivity index (χ0v) is 10.0. The summed E-state index contributed by atoms with van der Waals surface area (Å²) in [7, 11) is -2.94. The molecule has 3 rings (SSSR count). The van der Waals surface area contributed by atoms with Gasteiger partial charge in [-0.3, -0.25) is 0 Å². The average molecular weight is 256 g/mol. The van der Waals surface area contributed by atoms with Crippen molar-refractivity contribution < 1.29 is 12.8 Å². The quantitative estimate of drug-likeness (QED) is 0.748. The zero-order valence-electron chi connectivity index (χ0n) is 9.19. The van der Waals surface area contributed by atoms with E-state index in [1.54, 1.807) is 6.07 Å². The van der Waals surface area contributed by atoms with E-state index in [9.17, 15) is 12.8 Å². The van der Waals surface area contributed by atoms with E-state index in [1.165, 1.54) is 6.07 Å². The van der Waals surface area contributed by atoms with Crippen LogP contribution in [0.1, 0.15) is 0 Å². The molecule has 0 amide bonds. The van der Waals surface area contributed by atoms with E-state index in [1.807, 2.05) is 11.0 Å². The Morgan fingerprint density at radius 3 is 3.06 bits per heavy atom. The Bertz CT molecular complexity index is 559. The molecule has 0 aliphatic carbocycles. The molecule has 0 aromatic heterocycles. The van der Waals surface area contributed by atoms with Gasteiger partial charge in [-0.25, -0.2) is 12.8 Å². The number of fused-ring (bicyclic) bond motifs is 3. The van der Waals surface area contributed by atoms with Crippen LogP contribution >= 0.6 is 0 Å². The summed E-state index contributed by atoms with van der Waals surface area (Å²) in [5.74, 6) is 0.0180. The molecule has 1 saturated heterocycles. The van der Waals surface area contributed by atoms with Gasteiger partial charge in [-0.1, -0.05) is 6.07 Å². The maximum atomic E-state index is 13.6. The maximum absolute atomic E-state index is 13.6. The van der Waals surface area contributed by atoms with Crippen LogP contribution in [0.5, 0.6) is 0 Å². The van der Waals surface area contributed by atoms with Crippen LogP contribution in [0.15, 0.2) is 18.2 Å². The predicted octanol–water partition coefficient (Wildman–Crippen LogP) is 0.855. The number of hydrogen-bond donors (Lipinski definition) is 1. The Kier molecular flexibility index (Phi) is 2.29. The highest BCUT2D eigenvalue weighted by molar-refractivity contribution is 7.91. The maximum Gasteiger partial charge on any atom is 0.154 e. The molecule has 2 aliphatic heterocycles. The Balaban J connectivity index is 2.01. The molecule has 6 heteroatoms. The highest BCUT2D eigenvalue weighted by atomic mass is 32.2. The summed E-state index contributed by atoms with van der Waals surface area (Å²) in [4.78, 5) is 2.00. The van der Waals surface area contributed by atoms with E-state index in [0.717, 1.165) is 5.69 Å². The van der Waals surface area contributed by atoms with Gasteiger partial charge in [0, 0.05) is 13.1 Å². The van der Waals surface area contributed by atoms with Crippen molar-refractivity contribution in [3.63, 3.8) is 0 Å². The third-order valence-electron chi connectivity index (χ3n) is 3.35. The number of nitrogens with zero attached hydrogens (tertiary/aromatic N) is 1. The molecule has 1 unspecified atom stereocenters. The molecule has 1 aromatic carbocycles. The van der Waals surface area contributed by atoms with Gasteiger partial charge in [0.15, 0.2) is 9.84 Å². The van der Waals surface area contributed by atoms with E-state index >= 15 is 0 Å². The monoisotopic (exact) mass is 256 g/mol. The summed E-state index contributed by atoms with van der Waals surface area (Å²) in [5, 5.41) is 2.99. The van der Waals surface area contributed by atoms with Crippen molar-refractivity contribution in [2.45, 2.75) is 6.04 Å². The summed E-state index contributed by atoms with van der Waals surface area (Å²) < 4.78 is 36.7. The minimum Gasteiger partial charge on any atom is -0.379 e. The first-order valence-electron chi connectivity index (χ1n) is 5.56. The van der Waals surface area contributed by atoms with Crippen LogP contribution in [0.2, 0.25) is 0 Å². The van der Waals surface area contributed by atoms with Crippen molar-refractivity contribution in [1.29, 1.82) is 0 Å². The molecule has 0 spiro atoms. The van der Waals surface area contributed by atoms with Gasteiger partial charge in [-0.2, -0.15) is 0 Å². The highest BCUT2D eigenvalue weighted by Crippen LogP contribution is 2.35. The van der Waals surface area contributed by atoms with Crippen LogP contribution < -0.4 is 10.2 Å². The van der Waals surface area contributed by atoms with E-state index < -0.39 is 9.84 Å². The second kappa shape index (κ2) is 3.60. The molecular weight excluding hydrogens is 243 g/mol. The Hall–Kier alpha value is -1.30. The lowest BCUT2D eigenvalue weighted by molar-refractivity contribution is 0.555. The first-order valence-corrected chi connectivity index (χ1v) is 7.38. The van der Waals surface area contributed by atoms with Crippen LogP contribution in [0.25, 0.3) is 0 Å². The fourth-order valence-electron chi connectivity index (χ4n) is 2.52. The molecule has 1 N–H and O–H groups in total. The number of anilines is 2. The zero-order chi connectivity index (χ0) is 12.0. The second-order valence-corrected chi connectivity index (χ2v) is 6.71. The topological polar surface area (TPSA) is 49.4 Å². The van der Waals surface area contributed by atoms with Crippen molar-refractivity contribution in [2.75, 3.05) is 34.8 Å². The van der Waals surface area contributed by atoms with Crippen molar-refractivity contribution in [3.05, 3.63) is 24.0 Å². The first kappa shape index (κ1) is 10.8. The molecule has 1 atom stereocenters. The van der Waals surface area contributed by atoms with Crippen LogP contribution in [0.3, 0.4) is 0 Å². The van der Waals surface area contributed by atoms with E-state index in [2.05, 4.69) is 5.32 Å². The summed E-state index contributed by atoms with van der Waals surface area (Å²) in [6.07, 6.45) is 0. The Morgan fingerprint density at radius 2 is 2.24 bits per heavy atom. The molecule has 1 fully saturated rings. The van der Waals surface area contributed by atoms with E-state index in [4.69, 9.17) is 0 Å². The lowest BCUT2D eigenvalue weighted by Crippen LogP contribution is -2.54. The van der Waals surface area contributed by atoms with Gasteiger partial charge < -0.3 is 10.2 Å². The number of hydrogen-bond acceptors (Lipinski definition) is 4. The van der Waals surface area contributed by atoms with Gasteiger partial charge in [0.05, 0.1) is 28.9 Å². The van der Waals surface area contributed by atoms with Crippen molar-refractivity contribution in [3.8, 4) is 0 Å². The van der Waals surface area contributed by atoms with Gasteiger partial charge in [-0.05, 0) is 12.1 Å². The molecule has 0 radical (unpaired) electrons. The minimum absolute atomic E-state index is 0.0805. The van der Waals surface area contributed by atoms with E-state index in [0.29, 0.717) is 18.8 Å². The van der Waals surface area contributed by atoms with Crippen molar-refractivity contribution in [2.24, 2.45) is 0 Å². The van der Waals surface area contributed by atoms with Gasteiger partial charge >= 0.3 is 0 Å². The number of para-hydroxylation sites is 1. The highest BCUT2D eigenvalue weighted by Gasteiger charge is 2.35. The molecule has 2 heterocycles. The van der Waals surface area contributed by atoms with Crippen molar-refractivity contribution >= 4 is 21.2 Å². The standard InChI is InChI=1S/C11H13FN2O2S/c12-9-2-1-3-10-11(9)13-6-8-7-17(15,16)5-4-14(8)10/h1-3,8,13H,4-7H2. The third kappa shape index (κ3) is 1.76. The fourth-order valence-corrected chi connectivity index (χ4v) is 4.05. The van der Waals surface area contributed by atoms with Crippen LogP contribution in [0, 0.1) is 5.82 Å². The number of benzene rings is 1. The lowest BCUT2D eigenvalue weighted by Gasteiger charge is -2.42. The molecule has 2 aliphatic rings. The first-order chi connectivity index (χ1) is 8.07. The Labute approximate surface area is 99.3 Å². The lowest BCUT2D eigenvalue weighted by atomic mass is 10.1. The van der Waals surface area contributed by atoms with Gasteiger partial charge in [0.25, 0.3) is 0 Å². The number of halogens is 1. The number of sulfone groups is 1. The molecule has 1 aromatic rings. The van der Waals surface area contributed by atoms with Crippen LogP contribution in [0.4, 0.5) is 15.8 Å². The summed E-state index contributed by atoms with van der Waals surface area (Å²) >= 11 is 0. The largest absolute Gasteiger partial charge is 0.379 e. The normalized spacial score (nSPS) is 25.7. The predicted molar refractivity (Wildman–Crippen MR) is 64.7 cm³/mol. The fraction of sp³-hybridized carbons (Fsp3) is 0.455. The molecule has 0 saturated carbocycles. The summed E-state index contributed by atoms with van der Waals surface area (Å²) in [6, 6.07) is 4.81. The van der Waals surface area contributed by atoms with Crippen LogP contribution in [-0.2, 0) is 9.84 Å². The van der Waals surface area contributed by atoms with E-state index in [-0.39, 0.29) is 23.4 Å². The average Bonchev–Trinajstić information content (AvgIpc) is 2.27. The number of rotatable bonds is 0. The molecule has 92 valence electrons. The van der Waals surface area contributed by atoms with Gasteiger partial charge in [0.2, 0.25) is 0 Å². The van der Waals surface area contributed by atoms with Crippen LogP contribution in [-0.4, -0.2) is 39.1 Å². The Morgan fingerprint density at radius 1 is 1.41 bits per heavy atom. The second-order valence-electron chi connectivity index (χ2n) is 4.48. The SMILES string of the molecule is O=S1(=O)CCN2c3cccc(F)c3NCC2C1. The van der Waals surface area contributed by atoms with Gasteiger partial charge in [-0.15, -0.1) is 0 Å². The minimum atomic E-state index is -2.94. The summed E-state index contributed by atoms with van der Waals surface area (Å²) in [6.45, 7) is 0.929. The third-order valence-corrected chi connectivity index (χ3v) is 5.04. The molecule has 0 bridgehead atoms. The summed E-state index contributed by atoms with van der Waals surface area (Å²) in [5.41, 5.74) is 1.26.